The fraction of sp³-hybridized carbons (Fsp3) is 0.0536. The van der Waals surface area contributed by atoms with E-state index in [1.807, 2.05) is 42.6 Å². The first kappa shape index (κ1) is 37.9. The molecule has 0 unspecified atom stereocenters. The maximum atomic E-state index is 12.7. The Kier molecular flexibility index (Phi) is 10.8. The minimum Gasteiger partial charge on any atom is -0.512 e. The number of benzene rings is 7. The zero-order chi connectivity index (χ0) is 40.8. The van der Waals surface area contributed by atoms with Gasteiger partial charge in [-0.1, -0.05) is 152 Å². The van der Waals surface area contributed by atoms with E-state index in [1.54, 1.807) is 0 Å². The summed E-state index contributed by atoms with van der Waals surface area (Å²) in [6, 6.07) is 68.1. The lowest BCUT2D eigenvalue weighted by Gasteiger charge is -2.18. The summed E-state index contributed by atoms with van der Waals surface area (Å²) in [7, 11) is 0. The second-order valence-electron chi connectivity index (χ2n) is 15.1. The van der Waals surface area contributed by atoms with Gasteiger partial charge in [-0.15, -0.1) is 0 Å². The Balaban J connectivity index is 1.15. The SMILES string of the molecule is C/C(O)=C/C(=O)CCc1ccccc1-c1cc(-c2ccccc2-c2ccc(-c3ccccn3)cc2)cc(-c2ccccc2-c2ccc(-c3ccc4ccccc4n3)cc2)c1. The number of para-hydroxylation sites is 1. The molecular formula is C56H42N2O2. The van der Waals surface area contributed by atoms with Gasteiger partial charge in [0.2, 0.25) is 0 Å². The molecule has 0 aliphatic carbocycles. The Labute approximate surface area is 350 Å². The number of hydrogen-bond donors (Lipinski definition) is 1. The molecule has 7 aromatic carbocycles. The Morgan fingerprint density at radius 3 is 1.55 bits per heavy atom. The lowest BCUT2D eigenvalue weighted by molar-refractivity contribution is -0.114. The number of fused-ring (bicyclic) bond motifs is 1. The van der Waals surface area contributed by atoms with Crippen molar-refractivity contribution in [2.45, 2.75) is 19.8 Å². The van der Waals surface area contributed by atoms with Crippen molar-refractivity contribution in [1.29, 1.82) is 0 Å². The first-order valence-corrected chi connectivity index (χ1v) is 20.3. The average Bonchev–Trinajstić information content (AvgIpc) is 3.31. The molecule has 4 nitrogen and oxygen atoms in total. The summed E-state index contributed by atoms with van der Waals surface area (Å²) in [5, 5.41) is 10.9. The van der Waals surface area contributed by atoms with Crippen LogP contribution >= 0.6 is 0 Å². The number of carbonyl (C=O) groups is 1. The van der Waals surface area contributed by atoms with Gasteiger partial charge in [-0.2, -0.15) is 0 Å². The predicted molar refractivity (Wildman–Crippen MR) is 247 cm³/mol. The van der Waals surface area contributed by atoms with Gasteiger partial charge in [0.1, 0.15) is 0 Å². The molecule has 0 fully saturated rings. The largest absolute Gasteiger partial charge is 0.512 e. The molecule has 0 radical (unpaired) electrons. The number of rotatable bonds is 11. The van der Waals surface area contributed by atoms with E-state index in [9.17, 15) is 9.90 Å². The molecule has 0 aliphatic heterocycles. The smallest absolute Gasteiger partial charge is 0.159 e. The van der Waals surface area contributed by atoms with E-state index in [4.69, 9.17) is 4.98 Å². The molecule has 288 valence electrons. The normalized spacial score (nSPS) is 11.4. The van der Waals surface area contributed by atoms with Crippen molar-refractivity contribution in [2.75, 3.05) is 0 Å². The van der Waals surface area contributed by atoms with Crippen LogP contribution in [0, 0.1) is 0 Å². The average molecular weight is 775 g/mol. The second-order valence-corrected chi connectivity index (χ2v) is 15.1. The van der Waals surface area contributed by atoms with E-state index in [1.165, 1.54) is 13.0 Å². The van der Waals surface area contributed by atoms with Gasteiger partial charge >= 0.3 is 0 Å². The molecule has 9 rings (SSSR count). The third kappa shape index (κ3) is 8.18. The Morgan fingerprint density at radius 2 is 0.967 bits per heavy atom. The van der Waals surface area contributed by atoms with E-state index in [0.717, 1.165) is 94.6 Å². The number of aryl methyl sites for hydroxylation is 1. The number of hydrogen-bond acceptors (Lipinski definition) is 4. The number of aliphatic hydroxyl groups excluding tert-OH is 1. The number of carbonyl (C=O) groups excluding carboxylic acids is 1. The van der Waals surface area contributed by atoms with Gasteiger partial charge in [0.25, 0.3) is 0 Å². The lowest BCUT2D eigenvalue weighted by atomic mass is 9.86. The molecule has 0 atom stereocenters. The summed E-state index contributed by atoms with van der Waals surface area (Å²) in [6.07, 6.45) is 3.98. The van der Waals surface area contributed by atoms with Crippen molar-refractivity contribution >= 4 is 16.7 Å². The van der Waals surface area contributed by atoms with Crippen molar-refractivity contribution in [3.63, 3.8) is 0 Å². The third-order valence-corrected chi connectivity index (χ3v) is 11.0. The maximum Gasteiger partial charge on any atom is 0.159 e. The van der Waals surface area contributed by atoms with Gasteiger partial charge in [-0.3, -0.25) is 9.78 Å². The first-order chi connectivity index (χ1) is 29.5. The minimum atomic E-state index is -0.0985. The summed E-state index contributed by atoms with van der Waals surface area (Å²) < 4.78 is 0. The van der Waals surface area contributed by atoms with Gasteiger partial charge in [0, 0.05) is 35.2 Å². The van der Waals surface area contributed by atoms with Crippen LogP contribution in [0.4, 0.5) is 0 Å². The molecule has 0 amide bonds. The molecule has 1 N–H and O–H groups in total. The maximum absolute atomic E-state index is 12.7. The van der Waals surface area contributed by atoms with Crippen LogP contribution in [-0.4, -0.2) is 20.9 Å². The zero-order valence-electron chi connectivity index (χ0n) is 33.3. The summed E-state index contributed by atoms with van der Waals surface area (Å²) in [4.78, 5) is 22.2. The van der Waals surface area contributed by atoms with E-state index in [-0.39, 0.29) is 11.5 Å². The van der Waals surface area contributed by atoms with Gasteiger partial charge in [-0.25, -0.2) is 4.98 Å². The monoisotopic (exact) mass is 774 g/mol. The van der Waals surface area contributed by atoms with Gasteiger partial charge < -0.3 is 5.11 Å². The second kappa shape index (κ2) is 17.0. The molecule has 0 spiro atoms. The summed E-state index contributed by atoms with van der Waals surface area (Å²) in [5.41, 5.74) is 17.1. The van der Waals surface area contributed by atoms with Crippen LogP contribution in [0.2, 0.25) is 0 Å². The van der Waals surface area contributed by atoms with Crippen molar-refractivity contribution in [2.24, 2.45) is 0 Å². The van der Waals surface area contributed by atoms with E-state index in [0.29, 0.717) is 12.8 Å². The molecule has 4 heteroatoms. The highest BCUT2D eigenvalue weighted by Gasteiger charge is 2.16. The van der Waals surface area contributed by atoms with Crippen molar-refractivity contribution < 1.29 is 9.90 Å². The number of pyridine rings is 2. The van der Waals surface area contributed by atoms with Gasteiger partial charge in [-0.05, 0) is 117 Å². The van der Waals surface area contributed by atoms with Crippen LogP contribution < -0.4 is 0 Å². The molecule has 0 bridgehead atoms. The van der Waals surface area contributed by atoms with Crippen molar-refractivity contribution in [1.82, 2.24) is 9.97 Å². The number of aromatic nitrogens is 2. The molecule has 0 saturated carbocycles. The summed E-state index contributed by atoms with van der Waals surface area (Å²) in [5.74, 6) is -0.0760. The highest BCUT2D eigenvalue weighted by atomic mass is 16.3. The fourth-order valence-corrected chi connectivity index (χ4v) is 8.05. The van der Waals surface area contributed by atoms with Crippen LogP contribution in [0.3, 0.4) is 0 Å². The number of ketones is 1. The Hall–Kier alpha value is -7.69. The van der Waals surface area contributed by atoms with Crippen LogP contribution in [0.1, 0.15) is 18.9 Å². The third-order valence-electron chi connectivity index (χ3n) is 11.0. The Bertz CT molecular complexity index is 3000. The molecule has 60 heavy (non-hydrogen) atoms. The van der Waals surface area contributed by atoms with E-state index < -0.39 is 0 Å². The van der Waals surface area contributed by atoms with Crippen LogP contribution in [0.15, 0.2) is 212 Å². The lowest BCUT2D eigenvalue weighted by Crippen LogP contribution is -1.99. The molecule has 0 aliphatic rings. The van der Waals surface area contributed by atoms with Crippen molar-refractivity contribution in [3.05, 3.63) is 218 Å². The first-order valence-electron chi connectivity index (χ1n) is 20.3. The highest BCUT2D eigenvalue weighted by Crippen LogP contribution is 2.41. The van der Waals surface area contributed by atoms with Crippen LogP contribution in [0.5, 0.6) is 0 Å². The predicted octanol–water partition coefficient (Wildman–Crippen LogP) is 14.3. The molecule has 0 saturated heterocycles. The summed E-state index contributed by atoms with van der Waals surface area (Å²) in [6.45, 7) is 1.53. The standard InChI is InChI=1S/C56H42N2O2/c1-38(59)34-48(60)31-29-39-12-2-4-14-49(39)45-35-46(52-17-7-5-15-50(52)40-21-25-43(26-22-40)54-19-10-11-33-57-54)37-47(36-45)53-18-8-6-16-51(53)41-23-27-44(28-24-41)56-32-30-42-13-3-9-20-55(42)58-56/h2-28,30,32-37,59H,29,31H2,1H3/b38-34-. The molecule has 9 aromatic rings. The van der Waals surface area contributed by atoms with Crippen LogP contribution in [0.25, 0.3) is 89.1 Å². The quantitative estimate of drug-likeness (QED) is 0.105. The number of aliphatic hydroxyl groups is 1. The van der Waals surface area contributed by atoms with Crippen molar-refractivity contribution in [3.8, 4) is 78.1 Å². The van der Waals surface area contributed by atoms with Crippen LogP contribution in [-0.2, 0) is 11.2 Å². The van der Waals surface area contributed by atoms with Gasteiger partial charge in [0.05, 0.1) is 22.7 Å². The molecule has 2 heterocycles. The topological polar surface area (TPSA) is 63.1 Å². The number of allylic oxidation sites excluding steroid dienone is 2. The van der Waals surface area contributed by atoms with E-state index >= 15 is 0 Å². The molecule has 2 aromatic heterocycles. The zero-order valence-corrected chi connectivity index (χ0v) is 33.3. The Morgan fingerprint density at radius 1 is 0.483 bits per heavy atom. The summed E-state index contributed by atoms with van der Waals surface area (Å²) >= 11 is 0. The number of nitrogens with zero attached hydrogens (tertiary/aromatic N) is 2. The van der Waals surface area contributed by atoms with E-state index in [2.05, 4.69) is 163 Å². The highest BCUT2D eigenvalue weighted by molar-refractivity contribution is 5.93. The minimum absolute atomic E-state index is 0.0225. The molecular weight excluding hydrogens is 733 g/mol. The fourth-order valence-electron chi connectivity index (χ4n) is 8.05. The van der Waals surface area contributed by atoms with Gasteiger partial charge in [0.15, 0.2) is 5.78 Å².